The summed E-state index contributed by atoms with van der Waals surface area (Å²) in [7, 11) is 0. The zero-order chi connectivity index (χ0) is 13.3. The molecule has 0 amide bonds. The molecule has 0 saturated carbocycles. The molecule has 0 fully saturated rings. The van der Waals surface area contributed by atoms with Crippen LogP contribution in [0.5, 0.6) is 0 Å². The molecule has 0 aliphatic carbocycles. The zero-order valence-electron chi connectivity index (χ0n) is 9.54. The fourth-order valence-corrected chi connectivity index (χ4v) is 1.63. The number of hydrogen-bond donors (Lipinski definition) is 1. The molecule has 0 spiro atoms. The van der Waals surface area contributed by atoms with E-state index in [0.717, 1.165) is 16.7 Å². The number of halogens is 2. The van der Waals surface area contributed by atoms with Gasteiger partial charge in [-0.1, -0.05) is 6.07 Å². The average Bonchev–Trinajstić information content (AvgIpc) is 2.26. The number of aromatic nitrogens is 2. The molecule has 0 aliphatic rings. The van der Waals surface area contributed by atoms with Crippen LogP contribution in [0.1, 0.15) is 11.3 Å². The van der Waals surface area contributed by atoms with Gasteiger partial charge in [0.1, 0.15) is 11.6 Å². The van der Waals surface area contributed by atoms with Crippen LogP contribution in [0.3, 0.4) is 0 Å². The highest BCUT2D eigenvalue weighted by Gasteiger charge is 2.11. The maximum absolute atomic E-state index is 13.4. The Labute approximate surface area is 101 Å². The standard InChI is InChI=1S/C12H10F2N2O2/c1-7-5-11(17)16(12(18)15-7)6-8-9(13)3-2-4-10(8)14/h2-5H,6H2,1H3,(H,15,18). The largest absolute Gasteiger partial charge is 0.328 e. The molecule has 2 aromatic rings. The number of benzene rings is 1. The van der Waals surface area contributed by atoms with Gasteiger partial charge < -0.3 is 4.98 Å². The number of nitrogens with zero attached hydrogens (tertiary/aromatic N) is 1. The Kier molecular flexibility index (Phi) is 3.10. The Hall–Kier alpha value is -2.24. The van der Waals surface area contributed by atoms with Gasteiger partial charge in [-0.25, -0.2) is 13.6 Å². The van der Waals surface area contributed by atoms with Gasteiger partial charge in [-0.2, -0.15) is 0 Å². The summed E-state index contributed by atoms with van der Waals surface area (Å²) in [5, 5.41) is 0. The van der Waals surface area contributed by atoms with Crippen LogP contribution in [0.15, 0.2) is 33.9 Å². The maximum atomic E-state index is 13.4. The molecule has 1 heterocycles. The van der Waals surface area contributed by atoms with Gasteiger partial charge in [0, 0.05) is 17.3 Å². The van der Waals surface area contributed by atoms with E-state index in [2.05, 4.69) is 4.98 Å². The molecule has 6 heteroatoms. The Balaban J connectivity index is 2.54. The normalized spacial score (nSPS) is 10.6. The van der Waals surface area contributed by atoms with E-state index in [0.29, 0.717) is 5.69 Å². The monoisotopic (exact) mass is 252 g/mol. The van der Waals surface area contributed by atoms with Crippen LogP contribution in [-0.4, -0.2) is 9.55 Å². The van der Waals surface area contributed by atoms with Crippen LogP contribution >= 0.6 is 0 Å². The van der Waals surface area contributed by atoms with Gasteiger partial charge in [0.2, 0.25) is 0 Å². The number of aromatic amines is 1. The molecule has 94 valence electrons. The van der Waals surface area contributed by atoms with E-state index in [-0.39, 0.29) is 5.56 Å². The third kappa shape index (κ3) is 2.22. The SMILES string of the molecule is Cc1cc(=O)n(Cc2c(F)cccc2F)c(=O)[nH]1. The average molecular weight is 252 g/mol. The summed E-state index contributed by atoms with van der Waals surface area (Å²) < 4.78 is 27.6. The lowest BCUT2D eigenvalue weighted by atomic mass is 10.2. The van der Waals surface area contributed by atoms with Crippen LogP contribution in [0.25, 0.3) is 0 Å². The summed E-state index contributed by atoms with van der Waals surface area (Å²) >= 11 is 0. The van der Waals surface area contributed by atoms with Crippen molar-refractivity contribution in [3.63, 3.8) is 0 Å². The first-order chi connectivity index (χ1) is 8.49. The maximum Gasteiger partial charge on any atom is 0.328 e. The molecule has 4 nitrogen and oxygen atoms in total. The Bertz CT molecular complexity index is 652. The van der Waals surface area contributed by atoms with E-state index in [1.165, 1.54) is 12.1 Å². The van der Waals surface area contributed by atoms with E-state index in [1.54, 1.807) is 6.92 Å². The number of rotatable bonds is 2. The van der Waals surface area contributed by atoms with Crippen molar-refractivity contribution in [2.45, 2.75) is 13.5 Å². The van der Waals surface area contributed by atoms with Crippen molar-refractivity contribution in [1.82, 2.24) is 9.55 Å². The lowest BCUT2D eigenvalue weighted by Crippen LogP contribution is -2.35. The molecule has 0 aliphatic heterocycles. The molecule has 0 radical (unpaired) electrons. The van der Waals surface area contributed by atoms with Crippen LogP contribution < -0.4 is 11.2 Å². The smallest absolute Gasteiger partial charge is 0.311 e. The molecule has 2 rings (SSSR count). The van der Waals surface area contributed by atoms with Crippen LogP contribution in [-0.2, 0) is 6.54 Å². The topological polar surface area (TPSA) is 54.9 Å². The lowest BCUT2D eigenvalue weighted by Gasteiger charge is -2.07. The predicted octanol–water partition coefficient (Wildman–Crippen LogP) is 1.17. The summed E-state index contributed by atoms with van der Waals surface area (Å²) in [5.41, 5.74) is -1.20. The third-order valence-electron chi connectivity index (χ3n) is 2.53. The van der Waals surface area contributed by atoms with Crippen molar-refractivity contribution < 1.29 is 8.78 Å². The first-order valence-electron chi connectivity index (χ1n) is 5.22. The van der Waals surface area contributed by atoms with Gasteiger partial charge in [-0.05, 0) is 19.1 Å². The predicted molar refractivity (Wildman–Crippen MR) is 61.5 cm³/mol. The van der Waals surface area contributed by atoms with Crippen LogP contribution in [0.4, 0.5) is 8.78 Å². The quantitative estimate of drug-likeness (QED) is 0.872. The van der Waals surface area contributed by atoms with Crippen molar-refractivity contribution in [2.75, 3.05) is 0 Å². The fraction of sp³-hybridized carbons (Fsp3) is 0.167. The van der Waals surface area contributed by atoms with Crippen molar-refractivity contribution in [1.29, 1.82) is 0 Å². The highest BCUT2D eigenvalue weighted by Crippen LogP contribution is 2.12. The molecule has 1 aromatic heterocycles. The van der Waals surface area contributed by atoms with Gasteiger partial charge in [0.15, 0.2) is 0 Å². The van der Waals surface area contributed by atoms with Gasteiger partial charge >= 0.3 is 5.69 Å². The van der Waals surface area contributed by atoms with Gasteiger partial charge in [0.05, 0.1) is 6.54 Å². The molecule has 0 atom stereocenters. The molecule has 0 bridgehead atoms. The molecule has 1 N–H and O–H groups in total. The van der Waals surface area contributed by atoms with Gasteiger partial charge in [0.25, 0.3) is 5.56 Å². The summed E-state index contributed by atoms with van der Waals surface area (Å²) in [6, 6.07) is 4.56. The minimum atomic E-state index is -0.790. The van der Waals surface area contributed by atoms with Gasteiger partial charge in [-0.15, -0.1) is 0 Å². The van der Waals surface area contributed by atoms with E-state index < -0.39 is 29.4 Å². The summed E-state index contributed by atoms with van der Waals surface area (Å²) in [6.45, 7) is 1.11. The summed E-state index contributed by atoms with van der Waals surface area (Å²) in [4.78, 5) is 25.5. The summed E-state index contributed by atoms with van der Waals surface area (Å²) in [5.74, 6) is -1.58. The molecule has 0 saturated heterocycles. The first kappa shape index (κ1) is 12.2. The van der Waals surface area contributed by atoms with Gasteiger partial charge in [-0.3, -0.25) is 9.36 Å². The minimum Gasteiger partial charge on any atom is -0.311 e. The van der Waals surface area contributed by atoms with E-state index in [4.69, 9.17) is 0 Å². The second kappa shape index (κ2) is 4.56. The Morgan fingerprint density at radius 3 is 2.39 bits per heavy atom. The number of aryl methyl sites for hydroxylation is 1. The molecule has 1 aromatic carbocycles. The number of nitrogens with one attached hydrogen (secondary N) is 1. The van der Waals surface area contributed by atoms with E-state index >= 15 is 0 Å². The minimum absolute atomic E-state index is 0.311. The Morgan fingerprint density at radius 2 is 1.83 bits per heavy atom. The second-order valence-corrected chi connectivity index (χ2v) is 3.88. The molecular formula is C12H10F2N2O2. The zero-order valence-corrected chi connectivity index (χ0v) is 9.54. The summed E-state index contributed by atoms with van der Waals surface area (Å²) in [6.07, 6.45) is 0. The lowest BCUT2D eigenvalue weighted by molar-refractivity contribution is 0.535. The fourth-order valence-electron chi connectivity index (χ4n) is 1.63. The van der Waals surface area contributed by atoms with Crippen LogP contribution in [0, 0.1) is 18.6 Å². The van der Waals surface area contributed by atoms with Crippen molar-refractivity contribution >= 4 is 0 Å². The highest BCUT2D eigenvalue weighted by atomic mass is 19.1. The molecule has 0 unspecified atom stereocenters. The van der Waals surface area contributed by atoms with E-state index in [1.807, 2.05) is 0 Å². The molecular weight excluding hydrogens is 242 g/mol. The van der Waals surface area contributed by atoms with Crippen LogP contribution in [0.2, 0.25) is 0 Å². The number of H-pyrrole nitrogens is 1. The Morgan fingerprint density at radius 1 is 1.22 bits per heavy atom. The molecule has 18 heavy (non-hydrogen) atoms. The van der Waals surface area contributed by atoms with Crippen molar-refractivity contribution in [2.24, 2.45) is 0 Å². The van der Waals surface area contributed by atoms with Crippen molar-refractivity contribution in [3.05, 3.63) is 68.0 Å². The third-order valence-corrected chi connectivity index (χ3v) is 2.53. The second-order valence-electron chi connectivity index (χ2n) is 3.88. The highest BCUT2D eigenvalue weighted by molar-refractivity contribution is 5.20. The first-order valence-corrected chi connectivity index (χ1v) is 5.22. The van der Waals surface area contributed by atoms with Crippen molar-refractivity contribution in [3.8, 4) is 0 Å². The van der Waals surface area contributed by atoms with E-state index in [9.17, 15) is 18.4 Å². The number of hydrogen-bond acceptors (Lipinski definition) is 2.